The van der Waals surface area contributed by atoms with Gasteiger partial charge in [-0.05, 0) is 68.0 Å². The highest BCUT2D eigenvalue weighted by Gasteiger charge is 2.21. The number of methoxy groups -OCH3 is 1. The molecule has 28 heavy (non-hydrogen) atoms. The molecule has 0 spiro atoms. The van der Waals surface area contributed by atoms with Crippen molar-refractivity contribution in [2.24, 2.45) is 0 Å². The number of halogens is 2. The van der Waals surface area contributed by atoms with Gasteiger partial charge >= 0.3 is 0 Å². The van der Waals surface area contributed by atoms with E-state index in [9.17, 15) is 0 Å². The van der Waals surface area contributed by atoms with Gasteiger partial charge in [0.05, 0.1) is 23.5 Å². The molecule has 0 saturated heterocycles. The van der Waals surface area contributed by atoms with E-state index in [1.54, 1.807) is 13.2 Å². The maximum Gasteiger partial charge on any atom is 0.133 e. The van der Waals surface area contributed by atoms with E-state index in [4.69, 9.17) is 33.0 Å². The minimum Gasteiger partial charge on any atom is -0.497 e. The molecule has 0 bridgehead atoms. The zero-order valence-electron chi connectivity index (χ0n) is 15.8. The highest BCUT2D eigenvalue weighted by molar-refractivity contribution is 6.35. The number of nitrogens with one attached hydrogen (secondary N) is 1. The fourth-order valence-corrected chi connectivity index (χ4v) is 4.15. The van der Waals surface area contributed by atoms with Crippen molar-refractivity contribution in [1.82, 2.24) is 9.78 Å². The van der Waals surface area contributed by atoms with Crippen molar-refractivity contribution in [2.45, 2.75) is 32.1 Å². The van der Waals surface area contributed by atoms with Crippen LogP contribution in [0.25, 0.3) is 5.69 Å². The standard InChI is InChI=1S/C22H23Cl2N3O/c1-28-17-9-5-15(6-10-17)7-11-20-18-4-2-3-13-25-22(18)27(26-20)21-12-8-16(23)14-19(21)24/h5-6,8-10,12,14,25H,2-4,7,11,13H2,1H3. The van der Waals surface area contributed by atoms with E-state index in [2.05, 4.69) is 17.4 Å². The van der Waals surface area contributed by atoms with Gasteiger partial charge in [-0.3, -0.25) is 0 Å². The first-order valence-corrected chi connectivity index (χ1v) is 10.3. The van der Waals surface area contributed by atoms with Crippen LogP contribution < -0.4 is 10.1 Å². The van der Waals surface area contributed by atoms with Gasteiger partial charge in [0, 0.05) is 17.1 Å². The first-order valence-electron chi connectivity index (χ1n) is 9.58. The van der Waals surface area contributed by atoms with Crippen molar-refractivity contribution in [3.8, 4) is 11.4 Å². The molecule has 6 heteroatoms. The average molecular weight is 416 g/mol. The van der Waals surface area contributed by atoms with Crippen molar-refractivity contribution in [2.75, 3.05) is 19.0 Å². The monoisotopic (exact) mass is 415 g/mol. The van der Waals surface area contributed by atoms with Crippen LogP contribution in [0.4, 0.5) is 5.82 Å². The summed E-state index contributed by atoms with van der Waals surface area (Å²) in [7, 11) is 1.69. The van der Waals surface area contributed by atoms with E-state index in [1.165, 1.54) is 11.1 Å². The molecule has 4 nitrogen and oxygen atoms in total. The van der Waals surface area contributed by atoms with Crippen molar-refractivity contribution in [3.05, 3.63) is 69.3 Å². The van der Waals surface area contributed by atoms with E-state index in [1.807, 2.05) is 28.9 Å². The molecule has 0 aliphatic carbocycles. The first-order chi connectivity index (χ1) is 13.7. The zero-order chi connectivity index (χ0) is 19.5. The van der Waals surface area contributed by atoms with Crippen LogP contribution in [-0.2, 0) is 19.3 Å². The number of benzene rings is 2. The molecule has 0 unspecified atom stereocenters. The molecule has 0 amide bonds. The molecule has 0 atom stereocenters. The third-order valence-corrected chi connectivity index (χ3v) is 5.70. The molecule has 146 valence electrons. The number of ether oxygens (including phenoxy) is 1. The second-order valence-corrected chi connectivity index (χ2v) is 7.86. The lowest BCUT2D eigenvalue weighted by atomic mass is 10.0. The minimum atomic E-state index is 0.602. The molecule has 1 aliphatic rings. The van der Waals surface area contributed by atoms with Crippen molar-refractivity contribution in [1.29, 1.82) is 0 Å². The maximum atomic E-state index is 6.47. The highest BCUT2D eigenvalue weighted by Crippen LogP contribution is 2.32. The van der Waals surface area contributed by atoms with Gasteiger partial charge in [-0.2, -0.15) is 5.10 Å². The lowest BCUT2D eigenvalue weighted by Gasteiger charge is -2.11. The lowest BCUT2D eigenvalue weighted by molar-refractivity contribution is 0.414. The van der Waals surface area contributed by atoms with Crippen LogP contribution in [0.2, 0.25) is 10.0 Å². The van der Waals surface area contributed by atoms with Crippen LogP contribution >= 0.6 is 23.2 Å². The molecule has 0 saturated carbocycles. The molecule has 3 aromatic rings. The number of anilines is 1. The number of fused-ring (bicyclic) bond motifs is 1. The molecule has 2 heterocycles. The average Bonchev–Trinajstić information content (AvgIpc) is 2.87. The number of hydrogen-bond acceptors (Lipinski definition) is 3. The molecular weight excluding hydrogens is 393 g/mol. The Morgan fingerprint density at radius 3 is 2.64 bits per heavy atom. The summed E-state index contributed by atoms with van der Waals surface area (Å²) in [6.45, 7) is 0.946. The first kappa shape index (κ1) is 19.2. The van der Waals surface area contributed by atoms with Crippen LogP contribution in [-0.4, -0.2) is 23.4 Å². The third-order valence-electron chi connectivity index (χ3n) is 5.16. The van der Waals surface area contributed by atoms with Crippen LogP contribution in [0.1, 0.15) is 29.7 Å². The van der Waals surface area contributed by atoms with Gasteiger partial charge in [-0.25, -0.2) is 4.68 Å². The number of nitrogens with zero attached hydrogens (tertiary/aromatic N) is 2. The topological polar surface area (TPSA) is 39.1 Å². The van der Waals surface area contributed by atoms with Gasteiger partial charge in [0.2, 0.25) is 0 Å². The number of aryl methyl sites for hydroxylation is 2. The molecule has 0 radical (unpaired) electrons. The summed E-state index contributed by atoms with van der Waals surface area (Å²) in [6.07, 6.45) is 5.17. The summed E-state index contributed by atoms with van der Waals surface area (Å²) in [5.41, 5.74) is 4.56. The van der Waals surface area contributed by atoms with Crippen LogP contribution in [0.3, 0.4) is 0 Å². The number of aromatic nitrogens is 2. The molecule has 1 aromatic heterocycles. The van der Waals surface area contributed by atoms with Gasteiger partial charge in [0.25, 0.3) is 0 Å². The molecule has 1 aliphatic heterocycles. The largest absolute Gasteiger partial charge is 0.497 e. The smallest absolute Gasteiger partial charge is 0.133 e. The SMILES string of the molecule is COc1ccc(CCc2nn(-c3ccc(Cl)cc3Cl)c3c2CCCCN3)cc1. The Hall–Kier alpha value is -2.17. The van der Waals surface area contributed by atoms with Crippen molar-refractivity contribution in [3.63, 3.8) is 0 Å². The van der Waals surface area contributed by atoms with Crippen molar-refractivity contribution >= 4 is 29.0 Å². The van der Waals surface area contributed by atoms with Crippen molar-refractivity contribution < 1.29 is 4.74 Å². The predicted molar refractivity (Wildman–Crippen MR) is 115 cm³/mol. The second kappa shape index (κ2) is 8.46. The van der Waals surface area contributed by atoms with E-state index in [0.29, 0.717) is 10.0 Å². The quantitative estimate of drug-likeness (QED) is 0.578. The maximum absolute atomic E-state index is 6.47. The Morgan fingerprint density at radius 2 is 1.89 bits per heavy atom. The van der Waals surface area contributed by atoms with Gasteiger partial charge in [-0.15, -0.1) is 0 Å². The van der Waals surface area contributed by atoms with Gasteiger partial charge in [0.15, 0.2) is 0 Å². The van der Waals surface area contributed by atoms with Crippen LogP contribution in [0.15, 0.2) is 42.5 Å². The van der Waals surface area contributed by atoms with E-state index in [0.717, 1.165) is 61.6 Å². The summed E-state index contributed by atoms with van der Waals surface area (Å²) >= 11 is 12.6. The van der Waals surface area contributed by atoms with Gasteiger partial charge < -0.3 is 10.1 Å². The Kier molecular flexibility index (Phi) is 5.79. The molecule has 2 aromatic carbocycles. The predicted octanol–water partition coefficient (Wildman–Crippen LogP) is 5.72. The van der Waals surface area contributed by atoms with Gasteiger partial charge in [0.1, 0.15) is 11.6 Å². The third kappa shape index (κ3) is 3.98. The molecular formula is C22H23Cl2N3O. The molecule has 0 fully saturated rings. The fourth-order valence-electron chi connectivity index (χ4n) is 3.66. The van der Waals surface area contributed by atoms with E-state index < -0.39 is 0 Å². The second-order valence-electron chi connectivity index (χ2n) is 7.01. The summed E-state index contributed by atoms with van der Waals surface area (Å²) in [4.78, 5) is 0. The lowest BCUT2D eigenvalue weighted by Crippen LogP contribution is -2.07. The summed E-state index contributed by atoms with van der Waals surface area (Å²) in [6, 6.07) is 13.8. The summed E-state index contributed by atoms with van der Waals surface area (Å²) in [5, 5.41) is 9.73. The van der Waals surface area contributed by atoms with E-state index in [-0.39, 0.29) is 0 Å². The van der Waals surface area contributed by atoms with Crippen LogP contribution in [0.5, 0.6) is 5.75 Å². The highest BCUT2D eigenvalue weighted by atomic mass is 35.5. The number of rotatable bonds is 5. The Balaban J connectivity index is 1.66. The van der Waals surface area contributed by atoms with Gasteiger partial charge in [-0.1, -0.05) is 35.3 Å². The summed E-state index contributed by atoms with van der Waals surface area (Å²) < 4.78 is 7.19. The van der Waals surface area contributed by atoms with Crippen LogP contribution in [0, 0.1) is 0 Å². The molecule has 1 N–H and O–H groups in total. The van der Waals surface area contributed by atoms with E-state index >= 15 is 0 Å². The Bertz CT molecular complexity index is 967. The zero-order valence-corrected chi connectivity index (χ0v) is 17.4. The number of hydrogen-bond donors (Lipinski definition) is 1. The molecule has 4 rings (SSSR count). The normalized spacial score (nSPS) is 13.5. The Morgan fingerprint density at radius 1 is 1.07 bits per heavy atom. The summed E-state index contributed by atoms with van der Waals surface area (Å²) in [5.74, 6) is 1.94. The Labute approximate surface area is 175 Å². The minimum absolute atomic E-state index is 0.602. The fraction of sp³-hybridized carbons (Fsp3) is 0.318.